The van der Waals surface area contributed by atoms with Crippen LogP contribution in [-0.4, -0.2) is 9.97 Å². The van der Waals surface area contributed by atoms with Crippen molar-refractivity contribution in [2.45, 2.75) is 31.8 Å². The van der Waals surface area contributed by atoms with E-state index in [0.717, 1.165) is 38.0 Å². The molecule has 0 fully saturated rings. The van der Waals surface area contributed by atoms with Crippen molar-refractivity contribution >= 4 is 33.3 Å². The fourth-order valence-corrected chi connectivity index (χ4v) is 4.03. The standard InChI is InChI=1S/C15H16N2O2S2/c1-8-9(2)21-15-12(8)14(18)16-13(17-15)10(3)20-7-11-5-4-6-19-11/h4-6,10H,7H2,1-3H3,(H,16,17,18). The van der Waals surface area contributed by atoms with Gasteiger partial charge in [-0.1, -0.05) is 0 Å². The fraction of sp³-hybridized carbons (Fsp3) is 0.333. The normalized spacial score (nSPS) is 12.9. The van der Waals surface area contributed by atoms with Crippen molar-refractivity contribution in [1.29, 1.82) is 0 Å². The van der Waals surface area contributed by atoms with Crippen LogP contribution in [-0.2, 0) is 5.75 Å². The summed E-state index contributed by atoms with van der Waals surface area (Å²) in [6.45, 7) is 6.04. The van der Waals surface area contributed by atoms with Gasteiger partial charge in [-0.3, -0.25) is 4.79 Å². The van der Waals surface area contributed by atoms with Crippen LogP contribution >= 0.6 is 23.1 Å². The SMILES string of the molecule is Cc1sc2nc(C(C)SCc3ccco3)[nH]c(=O)c2c1C. The number of furan rings is 1. The van der Waals surface area contributed by atoms with Crippen LogP contribution in [0.2, 0.25) is 0 Å². The Kier molecular flexibility index (Phi) is 3.91. The van der Waals surface area contributed by atoms with E-state index in [1.807, 2.05) is 32.9 Å². The van der Waals surface area contributed by atoms with Gasteiger partial charge in [-0.2, -0.15) is 0 Å². The second-order valence-electron chi connectivity index (χ2n) is 4.95. The summed E-state index contributed by atoms with van der Waals surface area (Å²) in [4.78, 5) is 21.8. The first-order chi connectivity index (χ1) is 10.1. The molecule has 1 unspecified atom stereocenters. The van der Waals surface area contributed by atoms with Crippen molar-refractivity contribution in [3.05, 3.63) is 50.8 Å². The molecule has 0 saturated heterocycles. The third-order valence-electron chi connectivity index (χ3n) is 3.50. The van der Waals surface area contributed by atoms with Crippen LogP contribution in [0.4, 0.5) is 0 Å². The molecule has 3 aromatic rings. The Labute approximate surface area is 130 Å². The van der Waals surface area contributed by atoms with Gasteiger partial charge in [-0.05, 0) is 38.5 Å². The number of H-pyrrole nitrogens is 1. The molecule has 0 aliphatic carbocycles. The van der Waals surface area contributed by atoms with Gasteiger partial charge in [-0.15, -0.1) is 23.1 Å². The predicted molar refractivity (Wildman–Crippen MR) is 88.1 cm³/mol. The summed E-state index contributed by atoms with van der Waals surface area (Å²) in [6.07, 6.45) is 1.67. The molecule has 3 aromatic heterocycles. The van der Waals surface area contributed by atoms with E-state index in [0.29, 0.717) is 0 Å². The van der Waals surface area contributed by atoms with Crippen molar-refractivity contribution in [2.75, 3.05) is 0 Å². The highest BCUT2D eigenvalue weighted by molar-refractivity contribution is 7.98. The zero-order chi connectivity index (χ0) is 15.0. The van der Waals surface area contributed by atoms with Crippen LogP contribution in [0.25, 0.3) is 10.2 Å². The maximum Gasteiger partial charge on any atom is 0.259 e. The van der Waals surface area contributed by atoms with Gasteiger partial charge in [0.05, 0.1) is 22.7 Å². The highest BCUT2D eigenvalue weighted by atomic mass is 32.2. The summed E-state index contributed by atoms with van der Waals surface area (Å²) in [5.41, 5.74) is 0.994. The number of hydrogen-bond donors (Lipinski definition) is 1. The lowest BCUT2D eigenvalue weighted by Gasteiger charge is -2.09. The quantitative estimate of drug-likeness (QED) is 0.783. The Morgan fingerprint density at radius 2 is 2.29 bits per heavy atom. The van der Waals surface area contributed by atoms with E-state index in [2.05, 4.69) is 9.97 Å². The van der Waals surface area contributed by atoms with Gasteiger partial charge in [0.15, 0.2) is 0 Å². The molecule has 0 aliphatic rings. The molecule has 0 bridgehead atoms. The Morgan fingerprint density at radius 3 is 3.00 bits per heavy atom. The molecule has 3 heterocycles. The molecule has 0 radical (unpaired) electrons. The second kappa shape index (κ2) is 5.69. The first-order valence-corrected chi connectivity index (χ1v) is 8.56. The summed E-state index contributed by atoms with van der Waals surface area (Å²) >= 11 is 3.28. The van der Waals surface area contributed by atoms with Crippen LogP contribution in [0.5, 0.6) is 0 Å². The number of thiophene rings is 1. The molecule has 110 valence electrons. The highest BCUT2D eigenvalue weighted by Gasteiger charge is 2.15. The van der Waals surface area contributed by atoms with Gasteiger partial charge in [-0.25, -0.2) is 4.98 Å². The molecule has 1 atom stereocenters. The van der Waals surface area contributed by atoms with Crippen LogP contribution in [0.15, 0.2) is 27.6 Å². The Bertz CT molecular complexity index is 818. The number of aromatic nitrogens is 2. The Hall–Kier alpha value is -1.53. The van der Waals surface area contributed by atoms with Gasteiger partial charge in [0.1, 0.15) is 16.4 Å². The lowest BCUT2D eigenvalue weighted by Crippen LogP contribution is -2.12. The summed E-state index contributed by atoms with van der Waals surface area (Å²) in [5.74, 6) is 2.42. The molecule has 0 aromatic carbocycles. The van der Waals surface area contributed by atoms with Gasteiger partial charge in [0, 0.05) is 4.88 Å². The molecule has 0 spiro atoms. The monoisotopic (exact) mass is 320 g/mol. The van der Waals surface area contributed by atoms with E-state index in [1.165, 1.54) is 0 Å². The predicted octanol–water partition coefficient (Wildman–Crippen LogP) is 4.19. The minimum atomic E-state index is -0.0395. The van der Waals surface area contributed by atoms with Crippen molar-refractivity contribution in [3.8, 4) is 0 Å². The molecule has 4 nitrogen and oxygen atoms in total. The molecule has 6 heteroatoms. The number of nitrogens with zero attached hydrogens (tertiary/aromatic N) is 1. The van der Waals surface area contributed by atoms with Crippen LogP contribution in [0.1, 0.15) is 34.2 Å². The average molecular weight is 320 g/mol. The first-order valence-electron chi connectivity index (χ1n) is 6.70. The largest absolute Gasteiger partial charge is 0.468 e. The highest BCUT2D eigenvalue weighted by Crippen LogP contribution is 2.31. The van der Waals surface area contributed by atoms with Crippen LogP contribution in [0.3, 0.4) is 0 Å². The number of aryl methyl sites for hydroxylation is 2. The van der Waals surface area contributed by atoms with Crippen molar-refractivity contribution in [3.63, 3.8) is 0 Å². The molecule has 3 rings (SSSR count). The van der Waals surface area contributed by atoms with E-state index in [9.17, 15) is 4.79 Å². The first kappa shape index (κ1) is 14.4. The Morgan fingerprint density at radius 1 is 1.48 bits per heavy atom. The van der Waals surface area contributed by atoms with Gasteiger partial charge in [0.25, 0.3) is 5.56 Å². The van der Waals surface area contributed by atoms with E-state index < -0.39 is 0 Å². The van der Waals surface area contributed by atoms with E-state index in [-0.39, 0.29) is 10.8 Å². The maximum absolute atomic E-state index is 12.3. The number of aromatic amines is 1. The molecular weight excluding hydrogens is 304 g/mol. The molecular formula is C15H16N2O2S2. The Balaban J connectivity index is 1.88. The van der Waals surface area contributed by atoms with E-state index >= 15 is 0 Å². The summed E-state index contributed by atoms with van der Waals surface area (Å²) in [7, 11) is 0. The van der Waals surface area contributed by atoms with Crippen molar-refractivity contribution in [2.24, 2.45) is 0 Å². The van der Waals surface area contributed by atoms with Crippen LogP contribution in [0, 0.1) is 13.8 Å². The van der Waals surface area contributed by atoms with Gasteiger partial charge >= 0.3 is 0 Å². The summed E-state index contributed by atoms with van der Waals surface area (Å²) in [6, 6.07) is 3.83. The topological polar surface area (TPSA) is 58.9 Å². The van der Waals surface area contributed by atoms with E-state index in [4.69, 9.17) is 4.42 Å². The lowest BCUT2D eigenvalue weighted by atomic mass is 10.2. The van der Waals surface area contributed by atoms with Crippen LogP contribution < -0.4 is 5.56 Å². The third kappa shape index (κ3) is 2.78. The smallest absolute Gasteiger partial charge is 0.259 e. The molecule has 0 aliphatic heterocycles. The number of nitrogens with one attached hydrogen (secondary N) is 1. The number of hydrogen-bond acceptors (Lipinski definition) is 5. The minimum absolute atomic E-state index is 0.0395. The van der Waals surface area contributed by atoms with Gasteiger partial charge in [0.2, 0.25) is 0 Å². The average Bonchev–Trinajstić information content (AvgIpc) is 3.05. The minimum Gasteiger partial charge on any atom is -0.468 e. The van der Waals surface area contributed by atoms with Crippen molar-refractivity contribution < 1.29 is 4.42 Å². The number of rotatable bonds is 4. The zero-order valence-electron chi connectivity index (χ0n) is 12.1. The molecule has 21 heavy (non-hydrogen) atoms. The molecule has 1 N–H and O–H groups in total. The van der Waals surface area contributed by atoms with E-state index in [1.54, 1.807) is 29.4 Å². The third-order valence-corrected chi connectivity index (χ3v) is 5.77. The number of thioether (sulfide) groups is 1. The zero-order valence-corrected chi connectivity index (χ0v) is 13.7. The van der Waals surface area contributed by atoms with Gasteiger partial charge < -0.3 is 9.40 Å². The maximum atomic E-state index is 12.3. The summed E-state index contributed by atoms with van der Waals surface area (Å²) in [5, 5.41) is 0.833. The second-order valence-corrected chi connectivity index (χ2v) is 7.48. The number of fused-ring (bicyclic) bond motifs is 1. The lowest BCUT2D eigenvalue weighted by molar-refractivity contribution is 0.530. The fourth-order valence-electron chi connectivity index (χ4n) is 2.14. The molecule has 0 saturated carbocycles. The van der Waals surface area contributed by atoms with Crippen molar-refractivity contribution in [1.82, 2.24) is 9.97 Å². The summed E-state index contributed by atoms with van der Waals surface area (Å²) < 4.78 is 5.32. The molecule has 0 amide bonds.